The molecule has 1 aliphatic rings. The number of likely N-dealkylation sites (tertiary alicyclic amines) is 1. The molecule has 4 nitrogen and oxygen atoms in total. The maximum absolute atomic E-state index is 13.5. The summed E-state index contributed by atoms with van der Waals surface area (Å²) in [5.74, 6) is -0.261. The molecule has 0 aliphatic carbocycles. The summed E-state index contributed by atoms with van der Waals surface area (Å²) in [4.78, 5) is 14.3. The van der Waals surface area contributed by atoms with Gasteiger partial charge in [0.15, 0.2) is 0 Å². The van der Waals surface area contributed by atoms with E-state index in [-0.39, 0.29) is 29.8 Å². The van der Waals surface area contributed by atoms with Gasteiger partial charge in [-0.05, 0) is 44.0 Å². The molecular formula is C16H24FN3O. The van der Waals surface area contributed by atoms with Crippen LogP contribution in [-0.4, -0.2) is 36.5 Å². The van der Waals surface area contributed by atoms with Crippen LogP contribution in [0.3, 0.4) is 0 Å². The predicted molar refractivity (Wildman–Crippen MR) is 81.2 cm³/mol. The zero-order valence-corrected chi connectivity index (χ0v) is 12.7. The number of nitrogens with two attached hydrogens (primary N) is 1. The standard InChI is InChI=1S/C16H24FN3O/c1-11(18)15(12-6-5-7-13(17)10-12)20-9-4-3-8-14(20)16(21)19-2/h5-7,10-11,14-15H,3-4,8-9,18H2,1-2H3,(H,19,21). The molecule has 0 aromatic heterocycles. The van der Waals surface area contributed by atoms with Crippen molar-refractivity contribution in [3.05, 3.63) is 35.6 Å². The summed E-state index contributed by atoms with van der Waals surface area (Å²) >= 11 is 0. The Bertz CT molecular complexity index is 492. The van der Waals surface area contributed by atoms with E-state index >= 15 is 0 Å². The van der Waals surface area contributed by atoms with Gasteiger partial charge in [-0.1, -0.05) is 18.6 Å². The second-order valence-electron chi connectivity index (χ2n) is 5.72. The third-order valence-electron chi connectivity index (χ3n) is 4.14. The van der Waals surface area contributed by atoms with Gasteiger partial charge in [0.05, 0.1) is 12.1 Å². The van der Waals surface area contributed by atoms with E-state index in [0.717, 1.165) is 31.4 Å². The topological polar surface area (TPSA) is 58.4 Å². The van der Waals surface area contributed by atoms with Crippen LogP contribution >= 0.6 is 0 Å². The molecule has 116 valence electrons. The van der Waals surface area contributed by atoms with Gasteiger partial charge in [0.1, 0.15) is 5.82 Å². The Kier molecular flexibility index (Phi) is 5.31. The van der Waals surface area contributed by atoms with Crippen LogP contribution in [0.25, 0.3) is 0 Å². The Balaban J connectivity index is 2.33. The average molecular weight is 293 g/mol. The van der Waals surface area contributed by atoms with Gasteiger partial charge in [0.2, 0.25) is 5.91 Å². The molecule has 1 aliphatic heterocycles. The summed E-state index contributed by atoms with van der Waals surface area (Å²) in [5.41, 5.74) is 6.99. The second-order valence-corrected chi connectivity index (χ2v) is 5.72. The van der Waals surface area contributed by atoms with Gasteiger partial charge in [-0.15, -0.1) is 0 Å². The van der Waals surface area contributed by atoms with Gasteiger partial charge in [0.25, 0.3) is 0 Å². The number of nitrogens with zero attached hydrogens (tertiary/aromatic N) is 1. The highest BCUT2D eigenvalue weighted by Gasteiger charge is 2.35. The Hall–Kier alpha value is -1.46. The zero-order chi connectivity index (χ0) is 15.4. The lowest BCUT2D eigenvalue weighted by Gasteiger charge is -2.42. The maximum atomic E-state index is 13.5. The smallest absolute Gasteiger partial charge is 0.237 e. The lowest BCUT2D eigenvalue weighted by atomic mass is 9.92. The van der Waals surface area contributed by atoms with Gasteiger partial charge < -0.3 is 11.1 Å². The minimum Gasteiger partial charge on any atom is -0.358 e. The Morgan fingerprint density at radius 3 is 2.86 bits per heavy atom. The third-order valence-corrected chi connectivity index (χ3v) is 4.14. The first-order chi connectivity index (χ1) is 10.0. The van der Waals surface area contributed by atoms with E-state index in [9.17, 15) is 9.18 Å². The number of nitrogens with one attached hydrogen (secondary N) is 1. The van der Waals surface area contributed by atoms with Crippen molar-refractivity contribution in [3.63, 3.8) is 0 Å². The molecule has 2 rings (SSSR count). The largest absolute Gasteiger partial charge is 0.358 e. The summed E-state index contributed by atoms with van der Waals surface area (Å²) in [7, 11) is 1.65. The lowest BCUT2D eigenvalue weighted by molar-refractivity contribution is -0.128. The summed E-state index contributed by atoms with van der Waals surface area (Å²) in [6.07, 6.45) is 2.88. The number of hydrogen-bond acceptors (Lipinski definition) is 3. The van der Waals surface area contributed by atoms with Crippen LogP contribution in [0.5, 0.6) is 0 Å². The van der Waals surface area contributed by atoms with Crippen molar-refractivity contribution in [2.75, 3.05) is 13.6 Å². The predicted octanol–water partition coefficient (Wildman–Crippen LogP) is 1.81. The molecule has 21 heavy (non-hydrogen) atoms. The number of carbonyl (C=O) groups excluding carboxylic acids is 1. The average Bonchev–Trinajstić information content (AvgIpc) is 2.47. The van der Waals surface area contributed by atoms with Gasteiger partial charge in [0, 0.05) is 13.1 Å². The quantitative estimate of drug-likeness (QED) is 0.890. The normalized spacial score (nSPS) is 22.6. The van der Waals surface area contributed by atoms with Crippen LogP contribution in [0.2, 0.25) is 0 Å². The Morgan fingerprint density at radius 2 is 2.24 bits per heavy atom. The molecular weight excluding hydrogens is 269 g/mol. The number of piperidine rings is 1. The van der Waals surface area contributed by atoms with Crippen molar-refractivity contribution in [2.45, 2.75) is 44.3 Å². The first-order valence-electron chi connectivity index (χ1n) is 7.53. The molecule has 1 heterocycles. The molecule has 5 heteroatoms. The van der Waals surface area contributed by atoms with Crippen LogP contribution in [0.1, 0.15) is 37.8 Å². The van der Waals surface area contributed by atoms with Crippen LogP contribution in [-0.2, 0) is 4.79 Å². The molecule has 1 aromatic rings. The van der Waals surface area contributed by atoms with E-state index in [1.54, 1.807) is 13.1 Å². The van der Waals surface area contributed by atoms with Crippen LogP contribution in [0, 0.1) is 5.82 Å². The number of likely N-dealkylation sites (N-methyl/N-ethyl adjacent to an activating group) is 1. The molecule has 3 unspecified atom stereocenters. The highest BCUT2D eigenvalue weighted by molar-refractivity contribution is 5.81. The highest BCUT2D eigenvalue weighted by Crippen LogP contribution is 2.31. The summed E-state index contributed by atoms with van der Waals surface area (Å²) in [6.45, 7) is 2.71. The maximum Gasteiger partial charge on any atom is 0.237 e. The highest BCUT2D eigenvalue weighted by atomic mass is 19.1. The van der Waals surface area contributed by atoms with Crippen molar-refractivity contribution in [1.29, 1.82) is 0 Å². The first-order valence-corrected chi connectivity index (χ1v) is 7.53. The van der Waals surface area contributed by atoms with Gasteiger partial charge >= 0.3 is 0 Å². The minimum absolute atomic E-state index is 0.0109. The van der Waals surface area contributed by atoms with Crippen molar-refractivity contribution < 1.29 is 9.18 Å². The van der Waals surface area contributed by atoms with Gasteiger partial charge in [-0.2, -0.15) is 0 Å². The minimum atomic E-state index is -0.272. The number of rotatable bonds is 4. The summed E-state index contributed by atoms with van der Waals surface area (Å²) in [5, 5.41) is 2.73. The van der Waals surface area contributed by atoms with Crippen LogP contribution in [0.15, 0.2) is 24.3 Å². The lowest BCUT2D eigenvalue weighted by Crippen LogP contribution is -2.53. The SMILES string of the molecule is CNC(=O)C1CCCCN1C(c1cccc(F)c1)C(C)N. The van der Waals surface area contributed by atoms with Crippen molar-refractivity contribution >= 4 is 5.91 Å². The monoisotopic (exact) mass is 293 g/mol. The molecule has 0 saturated carbocycles. The second kappa shape index (κ2) is 7.00. The molecule has 1 amide bonds. The number of benzene rings is 1. The zero-order valence-electron chi connectivity index (χ0n) is 12.7. The molecule has 1 fully saturated rings. The van der Waals surface area contributed by atoms with E-state index in [0.29, 0.717) is 0 Å². The van der Waals surface area contributed by atoms with E-state index < -0.39 is 0 Å². The van der Waals surface area contributed by atoms with Crippen molar-refractivity contribution in [3.8, 4) is 0 Å². The Morgan fingerprint density at radius 1 is 1.48 bits per heavy atom. The third kappa shape index (κ3) is 3.60. The number of carbonyl (C=O) groups is 1. The molecule has 1 saturated heterocycles. The fourth-order valence-electron chi connectivity index (χ4n) is 3.22. The molecule has 0 radical (unpaired) electrons. The summed E-state index contributed by atoms with van der Waals surface area (Å²) < 4.78 is 13.5. The van der Waals surface area contributed by atoms with Crippen molar-refractivity contribution in [2.24, 2.45) is 5.73 Å². The molecule has 1 aromatic carbocycles. The Labute approximate surface area is 125 Å². The molecule has 3 atom stereocenters. The number of hydrogen-bond donors (Lipinski definition) is 2. The van der Waals surface area contributed by atoms with Crippen LogP contribution < -0.4 is 11.1 Å². The first kappa shape index (κ1) is 15.9. The molecule has 3 N–H and O–H groups in total. The van der Waals surface area contributed by atoms with E-state index in [1.807, 2.05) is 13.0 Å². The van der Waals surface area contributed by atoms with Crippen molar-refractivity contribution in [1.82, 2.24) is 10.2 Å². The fourth-order valence-corrected chi connectivity index (χ4v) is 3.22. The van der Waals surface area contributed by atoms with Gasteiger partial charge in [-0.25, -0.2) is 4.39 Å². The van der Waals surface area contributed by atoms with Crippen LogP contribution in [0.4, 0.5) is 4.39 Å². The van der Waals surface area contributed by atoms with E-state index in [1.165, 1.54) is 12.1 Å². The van der Waals surface area contributed by atoms with E-state index in [4.69, 9.17) is 5.73 Å². The fraction of sp³-hybridized carbons (Fsp3) is 0.562. The van der Waals surface area contributed by atoms with Gasteiger partial charge in [-0.3, -0.25) is 9.69 Å². The molecule has 0 bridgehead atoms. The number of halogens is 1. The van der Waals surface area contributed by atoms with E-state index in [2.05, 4.69) is 10.2 Å². The summed E-state index contributed by atoms with van der Waals surface area (Å²) in [6, 6.07) is 5.99. The molecule has 0 spiro atoms. The number of amides is 1.